The zero-order valence-electron chi connectivity index (χ0n) is 10.2. The van der Waals surface area contributed by atoms with Gasteiger partial charge < -0.3 is 0 Å². The standard InChI is InChI=1S/C16H12Cl2O/c17-12-5-7-13(15(18)9-12)11-4-6-14-10(8-11)2-1-3-16(14)19/h4-9H,1-3H2. The Labute approximate surface area is 122 Å². The highest BCUT2D eigenvalue weighted by Crippen LogP contribution is 2.33. The highest BCUT2D eigenvalue weighted by atomic mass is 35.5. The van der Waals surface area contributed by atoms with E-state index in [1.807, 2.05) is 24.3 Å². The molecule has 0 heterocycles. The molecule has 0 amide bonds. The lowest BCUT2D eigenvalue weighted by molar-refractivity contribution is 0.0972. The molecule has 19 heavy (non-hydrogen) atoms. The van der Waals surface area contributed by atoms with Crippen LogP contribution >= 0.6 is 23.2 Å². The van der Waals surface area contributed by atoms with Gasteiger partial charge in [-0.3, -0.25) is 4.79 Å². The Morgan fingerprint density at radius 1 is 0.895 bits per heavy atom. The molecular formula is C16H12Cl2O. The molecular weight excluding hydrogens is 279 g/mol. The molecule has 0 atom stereocenters. The van der Waals surface area contributed by atoms with Crippen molar-refractivity contribution in [2.75, 3.05) is 0 Å². The van der Waals surface area contributed by atoms with Crippen molar-refractivity contribution in [2.45, 2.75) is 19.3 Å². The average Bonchev–Trinajstić information content (AvgIpc) is 2.38. The fourth-order valence-corrected chi connectivity index (χ4v) is 3.06. The van der Waals surface area contributed by atoms with E-state index >= 15 is 0 Å². The van der Waals surface area contributed by atoms with Crippen LogP contribution in [0.4, 0.5) is 0 Å². The van der Waals surface area contributed by atoms with Crippen LogP contribution in [0.1, 0.15) is 28.8 Å². The maximum atomic E-state index is 11.8. The van der Waals surface area contributed by atoms with Gasteiger partial charge in [0.2, 0.25) is 0 Å². The maximum Gasteiger partial charge on any atom is 0.163 e. The molecule has 0 aliphatic heterocycles. The highest BCUT2D eigenvalue weighted by Gasteiger charge is 2.17. The van der Waals surface area contributed by atoms with Crippen LogP contribution in [0.25, 0.3) is 11.1 Å². The monoisotopic (exact) mass is 290 g/mol. The van der Waals surface area contributed by atoms with Gasteiger partial charge in [-0.05, 0) is 36.1 Å². The minimum absolute atomic E-state index is 0.245. The molecule has 1 aliphatic rings. The van der Waals surface area contributed by atoms with Gasteiger partial charge in [0.25, 0.3) is 0 Å². The van der Waals surface area contributed by atoms with Crippen molar-refractivity contribution in [1.82, 2.24) is 0 Å². The lowest BCUT2D eigenvalue weighted by Crippen LogP contribution is -2.10. The van der Waals surface area contributed by atoms with Crippen LogP contribution < -0.4 is 0 Å². The van der Waals surface area contributed by atoms with E-state index in [2.05, 4.69) is 6.07 Å². The van der Waals surface area contributed by atoms with Gasteiger partial charge >= 0.3 is 0 Å². The molecule has 2 aromatic carbocycles. The molecule has 1 nitrogen and oxygen atoms in total. The number of fused-ring (bicyclic) bond motifs is 1. The third-order valence-corrected chi connectivity index (χ3v) is 4.05. The van der Waals surface area contributed by atoms with Gasteiger partial charge in [-0.2, -0.15) is 0 Å². The topological polar surface area (TPSA) is 17.1 Å². The summed E-state index contributed by atoms with van der Waals surface area (Å²) >= 11 is 12.1. The minimum atomic E-state index is 0.245. The van der Waals surface area contributed by atoms with Crippen molar-refractivity contribution in [3.8, 4) is 11.1 Å². The van der Waals surface area contributed by atoms with E-state index in [1.54, 1.807) is 6.07 Å². The van der Waals surface area contributed by atoms with Crippen molar-refractivity contribution in [3.05, 3.63) is 57.6 Å². The Morgan fingerprint density at radius 3 is 2.47 bits per heavy atom. The van der Waals surface area contributed by atoms with Crippen LogP contribution in [-0.4, -0.2) is 5.78 Å². The second-order valence-corrected chi connectivity index (χ2v) is 5.62. The number of carbonyl (C=O) groups excluding carboxylic acids is 1. The SMILES string of the molecule is O=C1CCCc2cc(-c3ccc(Cl)cc3Cl)ccc21. The Kier molecular flexibility index (Phi) is 3.34. The Balaban J connectivity index is 2.09. The summed E-state index contributed by atoms with van der Waals surface area (Å²) in [6.45, 7) is 0. The van der Waals surface area contributed by atoms with Gasteiger partial charge in [0.15, 0.2) is 5.78 Å². The van der Waals surface area contributed by atoms with Crippen LogP contribution in [0.5, 0.6) is 0 Å². The lowest BCUT2D eigenvalue weighted by Gasteiger charge is -2.16. The summed E-state index contributed by atoms with van der Waals surface area (Å²) in [5.41, 5.74) is 3.97. The first-order valence-corrected chi connectivity index (χ1v) is 7.02. The normalized spacial score (nSPS) is 14.3. The molecule has 0 spiro atoms. The summed E-state index contributed by atoms with van der Waals surface area (Å²) in [7, 11) is 0. The molecule has 3 rings (SSSR count). The molecule has 3 heteroatoms. The molecule has 0 fully saturated rings. The minimum Gasteiger partial charge on any atom is -0.294 e. The second kappa shape index (κ2) is 4.99. The summed E-state index contributed by atoms with van der Waals surface area (Å²) in [5.74, 6) is 0.245. The van der Waals surface area contributed by atoms with Gasteiger partial charge in [0.05, 0.1) is 0 Å². The van der Waals surface area contributed by atoms with E-state index in [4.69, 9.17) is 23.2 Å². The number of halogens is 2. The summed E-state index contributed by atoms with van der Waals surface area (Å²) in [4.78, 5) is 11.8. The quantitative estimate of drug-likeness (QED) is 0.707. The largest absolute Gasteiger partial charge is 0.294 e. The molecule has 0 saturated heterocycles. The number of rotatable bonds is 1. The third kappa shape index (κ3) is 2.41. The van der Waals surface area contributed by atoms with Crippen LogP contribution in [0, 0.1) is 0 Å². The lowest BCUT2D eigenvalue weighted by atomic mass is 9.88. The summed E-state index contributed by atoms with van der Waals surface area (Å²) in [6.07, 6.45) is 2.55. The van der Waals surface area contributed by atoms with Crippen molar-refractivity contribution in [2.24, 2.45) is 0 Å². The van der Waals surface area contributed by atoms with E-state index in [0.717, 1.165) is 35.1 Å². The Bertz CT molecular complexity index is 662. The van der Waals surface area contributed by atoms with E-state index in [0.29, 0.717) is 16.5 Å². The molecule has 0 radical (unpaired) electrons. The maximum absolute atomic E-state index is 11.8. The first kappa shape index (κ1) is 12.7. The third-order valence-electron chi connectivity index (χ3n) is 3.50. The molecule has 2 aromatic rings. The number of hydrogen-bond acceptors (Lipinski definition) is 1. The smallest absolute Gasteiger partial charge is 0.163 e. The van der Waals surface area contributed by atoms with E-state index in [9.17, 15) is 4.79 Å². The predicted octanol–water partition coefficient (Wildman–Crippen LogP) is 5.18. The Morgan fingerprint density at radius 2 is 1.68 bits per heavy atom. The van der Waals surface area contributed by atoms with Gasteiger partial charge in [-0.15, -0.1) is 0 Å². The van der Waals surface area contributed by atoms with Crippen LogP contribution in [-0.2, 0) is 6.42 Å². The predicted molar refractivity (Wildman–Crippen MR) is 79.2 cm³/mol. The highest BCUT2D eigenvalue weighted by molar-refractivity contribution is 6.36. The number of carbonyl (C=O) groups is 1. The molecule has 0 saturated carbocycles. The average molecular weight is 291 g/mol. The zero-order valence-corrected chi connectivity index (χ0v) is 11.8. The van der Waals surface area contributed by atoms with Crippen molar-refractivity contribution in [3.63, 3.8) is 0 Å². The van der Waals surface area contributed by atoms with Crippen molar-refractivity contribution >= 4 is 29.0 Å². The Hall–Kier alpha value is -1.31. The first-order chi connectivity index (χ1) is 9.15. The number of benzene rings is 2. The number of ketones is 1. The molecule has 0 bridgehead atoms. The van der Waals surface area contributed by atoms with Crippen molar-refractivity contribution < 1.29 is 4.79 Å². The number of hydrogen-bond donors (Lipinski definition) is 0. The number of Topliss-reactive ketones (excluding diaryl/α,β-unsaturated/α-hetero) is 1. The molecule has 96 valence electrons. The first-order valence-electron chi connectivity index (χ1n) is 6.27. The fourth-order valence-electron chi connectivity index (χ4n) is 2.54. The van der Waals surface area contributed by atoms with Gasteiger partial charge in [0, 0.05) is 27.6 Å². The van der Waals surface area contributed by atoms with Crippen LogP contribution in [0.3, 0.4) is 0 Å². The van der Waals surface area contributed by atoms with Gasteiger partial charge in [-0.25, -0.2) is 0 Å². The number of aryl methyl sites for hydroxylation is 1. The van der Waals surface area contributed by atoms with E-state index in [1.165, 1.54) is 0 Å². The molecule has 0 N–H and O–H groups in total. The van der Waals surface area contributed by atoms with Crippen LogP contribution in [0.15, 0.2) is 36.4 Å². The summed E-state index contributed by atoms with van der Waals surface area (Å²) in [5, 5.41) is 1.26. The summed E-state index contributed by atoms with van der Waals surface area (Å²) in [6, 6.07) is 11.4. The van der Waals surface area contributed by atoms with E-state index < -0.39 is 0 Å². The molecule has 0 aromatic heterocycles. The fraction of sp³-hybridized carbons (Fsp3) is 0.188. The zero-order chi connectivity index (χ0) is 13.4. The summed E-state index contributed by atoms with van der Waals surface area (Å²) < 4.78 is 0. The van der Waals surface area contributed by atoms with Crippen molar-refractivity contribution in [1.29, 1.82) is 0 Å². The molecule has 1 aliphatic carbocycles. The van der Waals surface area contributed by atoms with Gasteiger partial charge in [0.1, 0.15) is 0 Å². The van der Waals surface area contributed by atoms with E-state index in [-0.39, 0.29) is 5.78 Å². The molecule has 0 unspecified atom stereocenters. The second-order valence-electron chi connectivity index (χ2n) is 4.77. The van der Waals surface area contributed by atoms with Crippen LogP contribution in [0.2, 0.25) is 10.0 Å². The van der Waals surface area contributed by atoms with Gasteiger partial charge in [-0.1, -0.05) is 47.5 Å².